The second kappa shape index (κ2) is 6.61. The molecule has 0 saturated heterocycles. The molecule has 0 heterocycles. The summed E-state index contributed by atoms with van der Waals surface area (Å²) in [5.41, 5.74) is 0.636. The van der Waals surface area contributed by atoms with Gasteiger partial charge in [0.15, 0.2) is 11.3 Å². The molecule has 94 valence electrons. The monoisotopic (exact) mass is 275 g/mol. The van der Waals surface area contributed by atoms with E-state index in [1.54, 1.807) is 19.2 Å². The van der Waals surface area contributed by atoms with Crippen LogP contribution in [0.3, 0.4) is 0 Å². The number of benzene rings is 1. The van der Waals surface area contributed by atoms with E-state index in [2.05, 4.69) is 4.18 Å². The summed E-state index contributed by atoms with van der Waals surface area (Å²) in [6.07, 6.45) is -0.521. The topological polar surface area (TPSA) is 38.8 Å². The van der Waals surface area contributed by atoms with Gasteiger partial charge in [0, 0.05) is 17.7 Å². The van der Waals surface area contributed by atoms with Crippen molar-refractivity contribution in [1.29, 1.82) is 0 Å². The molecule has 4 nitrogen and oxygen atoms in total. The van der Waals surface area contributed by atoms with E-state index in [1.165, 1.54) is 4.90 Å². The van der Waals surface area contributed by atoms with E-state index in [4.69, 9.17) is 15.4 Å². The zero-order valence-corrected chi connectivity index (χ0v) is 11.4. The molecule has 0 unspecified atom stereocenters. The first-order chi connectivity index (χ1) is 8.06. The number of amides is 1. The molecule has 0 atom stereocenters. The summed E-state index contributed by atoms with van der Waals surface area (Å²) in [4.78, 5) is 12.9. The minimum absolute atomic E-state index is 0.0305. The molecule has 0 aliphatic carbocycles. The van der Waals surface area contributed by atoms with Crippen LogP contribution in [0.1, 0.15) is 13.8 Å². The summed E-state index contributed by atoms with van der Waals surface area (Å²) in [5.74, 6) is 0.626. The highest BCUT2D eigenvalue weighted by Crippen LogP contribution is 2.29. The summed E-state index contributed by atoms with van der Waals surface area (Å²) in [7, 11) is 6.86. The van der Waals surface area contributed by atoms with Crippen molar-refractivity contribution in [3.05, 3.63) is 24.3 Å². The zero-order valence-electron chi connectivity index (χ0n) is 9.84. The molecular formula is C11H14ClNO3S. The number of ether oxygens (including phenoxy) is 1. The Balaban J connectivity index is 2.92. The Kier molecular flexibility index (Phi) is 5.44. The summed E-state index contributed by atoms with van der Waals surface area (Å²) >= 11 is 0.493. The standard InChI is InChI=1S/C11H14ClNO3S/c1-8(2)15-10-7-5-4-6-9(10)13(3)11(14)16-17-12/h4-8H,1-3H3. The summed E-state index contributed by atoms with van der Waals surface area (Å²) in [6.45, 7) is 3.84. The number of rotatable bonds is 4. The summed E-state index contributed by atoms with van der Waals surface area (Å²) in [6, 6.07) is 7.24. The molecule has 0 bridgehead atoms. The Morgan fingerprint density at radius 3 is 2.65 bits per heavy atom. The lowest BCUT2D eigenvalue weighted by molar-refractivity contribution is 0.215. The maximum atomic E-state index is 11.5. The van der Waals surface area contributed by atoms with Gasteiger partial charge >= 0.3 is 6.09 Å². The third-order valence-corrected chi connectivity index (χ3v) is 2.36. The van der Waals surface area contributed by atoms with Gasteiger partial charge in [-0.25, -0.2) is 4.79 Å². The largest absolute Gasteiger partial charge is 0.489 e. The molecule has 1 amide bonds. The highest BCUT2D eigenvalue weighted by Gasteiger charge is 2.17. The zero-order chi connectivity index (χ0) is 12.8. The van der Waals surface area contributed by atoms with Gasteiger partial charge in [-0.2, -0.15) is 0 Å². The Labute approximate surface area is 110 Å². The van der Waals surface area contributed by atoms with E-state index >= 15 is 0 Å². The predicted molar refractivity (Wildman–Crippen MR) is 70.5 cm³/mol. The van der Waals surface area contributed by atoms with Gasteiger partial charge in [0.25, 0.3) is 0 Å². The van der Waals surface area contributed by atoms with Crippen LogP contribution in [-0.2, 0) is 4.18 Å². The van der Waals surface area contributed by atoms with Gasteiger partial charge in [-0.3, -0.25) is 4.90 Å². The second-order valence-electron chi connectivity index (χ2n) is 3.61. The van der Waals surface area contributed by atoms with Crippen LogP contribution in [-0.4, -0.2) is 19.2 Å². The smallest absolute Gasteiger partial charge is 0.427 e. The molecule has 1 aromatic carbocycles. The van der Waals surface area contributed by atoms with Crippen LogP contribution >= 0.6 is 21.9 Å². The van der Waals surface area contributed by atoms with Crippen molar-refractivity contribution in [3.63, 3.8) is 0 Å². The van der Waals surface area contributed by atoms with Crippen LogP contribution in [0, 0.1) is 0 Å². The molecule has 0 fully saturated rings. The van der Waals surface area contributed by atoms with Crippen LogP contribution < -0.4 is 9.64 Å². The number of hydrogen-bond acceptors (Lipinski definition) is 4. The molecule has 0 saturated carbocycles. The fourth-order valence-corrected chi connectivity index (χ4v) is 1.60. The van der Waals surface area contributed by atoms with Gasteiger partial charge in [-0.05, 0) is 26.0 Å². The lowest BCUT2D eigenvalue weighted by Gasteiger charge is -2.20. The number of nitrogens with zero attached hydrogens (tertiary/aromatic N) is 1. The first kappa shape index (κ1) is 14.0. The molecule has 1 rings (SSSR count). The SMILES string of the molecule is CC(C)Oc1ccccc1N(C)C(=O)OSCl. The molecule has 0 spiro atoms. The number of anilines is 1. The number of hydrogen-bond donors (Lipinski definition) is 0. The normalized spacial score (nSPS) is 10.2. The van der Waals surface area contributed by atoms with Gasteiger partial charge in [0.2, 0.25) is 0 Å². The van der Waals surface area contributed by atoms with Crippen molar-refractivity contribution >= 4 is 33.7 Å². The maximum absolute atomic E-state index is 11.5. The molecule has 0 aliphatic heterocycles. The van der Waals surface area contributed by atoms with E-state index in [-0.39, 0.29) is 6.10 Å². The lowest BCUT2D eigenvalue weighted by Crippen LogP contribution is -2.25. The highest BCUT2D eigenvalue weighted by atomic mass is 35.7. The van der Waals surface area contributed by atoms with Crippen LogP contribution in [0.4, 0.5) is 10.5 Å². The average Bonchev–Trinajstić information content (AvgIpc) is 2.28. The van der Waals surface area contributed by atoms with Crippen molar-refractivity contribution < 1.29 is 13.7 Å². The molecule has 6 heteroatoms. The second-order valence-corrected chi connectivity index (χ2v) is 4.28. The molecular weight excluding hydrogens is 262 g/mol. The van der Waals surface area contributed by atoms with E-state index in [1.807, 2.05) is 26.0 Å². The fourth-order valence-electron chi connectivity index (χ4n) is 1.27. The van der Waals surface area contributed by atoms with E-state index < -0.39 is 6.09 Å². The van der Waals surface area contributed by atoms with Crippen molar-refractivity contribution in [3.8, 4) is 5.75 Å². The van der Waals surface area contributed by atoms with Crippen molar-refractivity contribution in [2.24, 2.45) is 0 Å². The molecule has 0 aliphatic rings. The minimum Gasteiger partial charge on any atom is -0.489 e. The first-order valence-corrected chi connectivity index (χ1v) is 6.61. The Morgan fingerprint density at radius 1 is 1.41 bits per heavy atom. The molecule has 0 radical (unpaired) electrons. The predicted octanol–water partition coefficient (Wildman–Crippen LogP) is 3.85. The summed E-state index contributed by atoms with van der Waals surface area (Å²) in [5, 5.41) is 0. The molecule has 1 aromatic rings. The number of carbonyl (C=O) groups excluding carboxylic acids is 1. The average molecular weight is 276 g/mol. The fraction of sp³-hybridized carbons (Fsp3) is 0.364. The maximum Gasteiger partial charge on any atom is 0.427 e. The summed E-state index contributed by atoms with van der Waals surface area (Å²) < 4.78 is 10.2. The van der Waals surface area contributed by atoms with Gasteiger partial charge in [-0.15, -0.1) is 0 Å². The number of carbonyl (C=O) groups is 1. The Bertz CT molecular complexity index is 387. The third kappa shape index (κ3) is 4.02. The van der Waals surface area contributed by atoms with Crippen LogP contribution in [0.2, 0.25) is 0 Å². The number of halogens is 1. The highest BCUT2D eigenvalue weighted by molar-refractivity contribution is 8.17. The van der Waals surface area contributed by atoms with Crippen LogP contribution in [0.25, 0.3) is 0 Å². The van der Waals surface area contributed by atoms with E-state index in [0.717, 1.165) is 0 Å². The Hall–Kier alpha value is -1.07. The van der Waals surface area contributed by atoms with Crippen LogP contribution in [0.5, 0.6) is 5.75 Å². The Morgan fingerprint density at radius 2 is 2.06 bits per heavy atom. The third-order valence-electron chi connectivity index (χ3n) is 1.97. The van der Waals surface area contributed by atoms with Gasteiger partial charge in [-0.1, -0.05) is 12.1 Å². The quantitative estimate of drug-likeness (QED) is 0.783. The van der Waals surface area contributed by atoms with Gasteiger partial charge in [0.1, 0.15) is 5.75 Å². The van der Waals surface area contributed by atoms with Crippen molar-refractivity contribution in [2.45, 2.75) is 20.0 Å². The van der Waals surface area contributed by atoms with Gasteiger partial charge < -0.3 is 8.92 Å². The molecule has 0 N–H and O–H groups in total. The molecule has 17 heavy (non-hydrogen) atoms. The minimum atomic E-state index is -0.551. The van der Waals surface area contributed by atoms with Gasteiger partial charge in [0.05, 0.1) is 11.8 Å². The van der Waals surface area contributed by atoms with Crippen molar-refractivity contribution in [2.75, 3.05) is 11.9 Å². The lowest BCUT2D eigenvalue weighted by atomic mass is 10.2. The molecule has 0 aromatic heterocycles. The number of para-hydroxylation sites is 2. The van der Waals surface area contributed by atoms with Crippen LogP contribution in [0.15, 0.2) is 24.3 Å². The van der Waals surface area contributed by atoms with E-state index in [0.29, 0.717) is 22.7 Å². The van der Waals surface area contributed by atoms with E-state index in [9.17, 15) is 4.79 Å². The first-order valence-electron chi connectivity index (χ1n) is 5.05. The van der Waals surface area contributed by atoms with Crippen molar-refractivity contribution in [1.82, 2.24) is 0 Å².